The van der Waals surface area contributed by atoms with Crippen LogP contribution in [-0.4, -0.2) is 54.5 Å². The number of rotatable bonds is 9. The summed E-state index contributed by atoms with van der Waals surface area (Å²) in [4.78, 5) is 43.6. The van der Waals surface area contributed by atoms with Crippen LogP contribution in [0.15, 0.2) is 18.2 Å². The van der Waals surface area contributed by atoms with Gasteiger partial charge in [0.1, 0.15) is 6.04 Å². The highest BCUT2D eigenvalue weighted by Crippen LogP contribution is 2.28. The Kier molecular flexibility index (Phi) is 7.11. The Morgan fingerprint density at radius 2 is 1.97 bits per heavy atom. The summed E-state index contributed by atoms with van der Waals surface area (Å²) in [5, 5.41) is 5.94. The topological polar surface area (TPSA) is 110 Å². The summed E-state index contributed by atoms with van der Waals surface area (Å²) in [6.45, 7) is 4.05. The number of nitrogens with zero attached hydrogens (tertiary/aromatic N) is 2. The number of hydrogen-bond donors (Lipinski definition) is 2. The van der Waals surface area contributed by atoms with Gasteiger partial charge in [-0.05, 0) is 44.4 Å². The van der Waals surface area contributed by atoms with E-state index < -0.39 is 12.1 Å². The normalized spacial score (nSPS) is 15.7. The molecule has 10 heteroatoms. The van der Waals surface area contributed by atoms with Crippen LogP contribution in [0.1, 0.15) is 29.0 Å². The molecule has 1 aliphatic heterocycles. The lowest BCUT2D eigenvalue weighted by atomic mass is 10.1. The third-order valence-electron chi connectivity index (χ3n) is 5.11. The standard InChI is InChI=1S/C21H26N4O5S/c1-12-13(2)31-20(22-12)24-18(26)8-6-15-19(27)25(21(28)23-15)10-9-14-5-7-16(29-3)17(11-14)30-4/h5,7,11,15H,6,8-10H2,1-4H3,(H,23,28)(H,22,24,26)/t15-/m0/s1. The van der Waals surface area contributed by atoms with E-state index in [9.17, 15) is 14.4 Å². The fourth-order valence-electron chi connectivity index (χ4n) is 3.24. The van der Waals surface area contributed by atoms with Crippen LogP contribution in [0.4, 0.5) is 9.93 Å². The molecule has 1 fully saturated rings. The smallest absolute Gasteiger partial charge is 0.324 e. The summed E-state index contributed by atoms with van der Waals surface area (Å²) in [7, 11) is 3.11. The third-order valence-corrected chi connectivity index (χ3v) is 6.10. The van der Waals surface area contributed by atoms with E-state index in [1.807, 2.05) is 26.0 Å². The number of aromatic nitrogens is 1. The number of nitrogens with one attached hydrogen (secondary N) is 2. The first-order chi connectivity index (χ1) is 14.8. The fourth-order valence-corrected chi connectivity index (χ4v) is 4.08. The van der Waals surface area contributed by atoms with E-state index in [0.717, 1.165) is 16.1 Å². The van der Waals surface area contributed by atoms with Gasteiger partial charge in [-0.1, -0.05) is 6.07 Å². The first-order valence-electron chi connectivity index (χ1n) is 9.89. The third kappa shape index (κ3) is 5.32. The molecule has 31 heavy (non-hydrogen) atoms. The number of carbonyl (C=O) groups is 3. The zero-order valence-electron chi connectivity index (χ0n) is 18.0. The van der Waals surface area contributed by atoms with Crippen molar-refractivity contribution in [1.29, 1.82) is 0 Å². The number of methoxy groups -OCH3 is 2. The Morgan fingerprint density at radius 1 is 1.23 bits per heavy atom. The average molecular weight is 447 g/mol. The monoisotopic (exact) mass is 446 g/mol. The molecule has 1 saturated heterocycles. The molecule has 4 amide bonds. The van der Waals surface area contributed by atoms with Crippen LogP contribution in [-0.2, 0) is 16.0 Å². The maximum absolute atomic E-state index is 12.6. The number of amides is 4. The van der Waals surface area contributed by atoms with Gasteiger partial charge in [-0.3, -0.25) is 14.5 Å². The molecule has 1 aliphatic rings. The van der Waals surface area contributed by atoms with Gasteiger partial charge in [0, 0.05) is 17.8 Å². The molecule has 0 bridgehead atoms. The number of carbonyl (C=O) groups excluding carboxylic acids is 3. The SMILES string of the molecule is COc1ccc(CCN2C(=O)N[C@@H](CCC(=O)Nc3nc(C)c(C)s3)C2=O)cc1OC. The van der Waals surface area contributed by atoms with Gasteiger partial charge >= 0.3 is 6.03 Å². The Bertz CT molecular complexity index is 971. The molecule has 1 aromatic heterocycles. The van der Waals surface area contributed by atoms with E-state index in [0.29, 0.717) is 23.1 Å². The number of aryl methyl sites for hydroxylation is 2. The zero-order valence-corrected chi connectivity index (χ0v) is 18.8. The van der Waals surface area contributed by atoms with Gasteiger partial charge in [0.15, 0.2) is 16.6 Å². The van der Waals surface area contributed by atoms with Crippen LogP contribution in [0.2, 0.25) is 0 Å². The highest BCUT2D eigenvalue weighted by molar-refractivity contribution is 7.15. The number of benzene rings is 1. The minimum atomic E-state index is -0.705. The summed E-state index contributed by atoms with van der Waals surface area (Å²) in [5.41, 5.74) is 1.79. The van der Waals surface area contributed by atoms with Crippen LogP contribution in [0, 0.1) is 13.8 Å². The van der Waals surface area contributed by atoms with Crippen molar-refractivity contribution in [3.8, 4) is 11.5 Å². The number of urea groups is 1. The van der Waals surface area contributed by atoms with Crippen LogP contribution in [0.5, 0.6) is 11.5 Å². The molecule has 1 aromatic carbocycles. The van der Waals surface area contributed by atoms with Crippen molar-refractivity contribution in [2.75, 3.05) is 26.1 Å². The van der Waals surface area contributed by atoms with E-state index in [1.54, 1.807) is 20.3 Å². The Labute approximate surface area is 184 Å². The molecule has 2 N–H and O–H groups in total. The van der Waals surface area contributed by atoms with Gasteiger partial charge in [0.2, 0.25) is 5.91 Å². The van der Waals surface area contributed by atoms with Crippen molar-refractivity contribution < 1.29 is 23.9 Å². The Balaban J connectivity index is 1.51. The molecule has 0 saturated carbocycles. The van der Waals surface area contributed by atoms with Gasteiger partial charge in [-0.2, -0.15) is 0 Å². The maximum atomic E-state index is 12.6. The number of imide groups is 1. The highest BCUT2D eigenvalue weighted by atomic mass is 32.1. The number of hydrogen-bond acceptors (Lipinski definition) is 7. The van der Waals surface area contributed by atoms with Gasteiger partial charge in [-0.25, -0.2) is 9.78 Å². The molecule has 3 rings (SSSR count). The van der Waals surface area contributed by atoms with Crippen LogP contribution < -0.4 is 20.1 Å². The van der Waals surface area contributed by atoms with E-state index in [2.05, 4.69) is 15.6 Å². The van der Waals surface area contributed by atoms with E-state index in [-0.39, 0.29) is 31.2 Å². The lowest BCUT2D eigenvalue weighted by Crippen LogP contribution is -2.33. The van der Waals surface area contributed by atoms with Crippen LogP contribution in [0.3, 0.4) is 0 Å². The predicted molar refractivity (Wildman–Crippen MR) is 117 cm³/mol. The van der Waals surface area contributed by atoms with Gasteiger partial charge in [0.05, 0.1) is 19.9 Å². The second-order valence-electron chi connectivity index (χ2n) is 7.18. The first kappa shape index (κ1) is 22.5. The van der Waals surface area contributed by atoms with Crippen molar-refractivity contribution in [2.24, 2.45) is 0 Å². The molecule has 2 heterocycles. The Morgan fingerprint density at radius 3 is 2.61 bits per heavy atom. The average Bonchev–Trinajstić information content (AvgIpc) is 3.21. The second kappa shape index (κ2) is 9.78. The van der Waals surface area contributed by atoms with Crippen LogP contribution >= 0.6 is 11.3 Å². The fraction of sp³-hybridized carbons (Fsp3) is 0.429. The minimum absolute atomic E-state index is 0.109. The van der Waals surface area contributed by atoms with Crippen LogP contribution in [0.25, 0.3) is 0 Å². The molecular weight excluding hydrogens is 420 g/mol. The lowest BCUT2D eigenvalue weighted by molar-refractivity contribution is -0.127. The van der Waals surface area contributed by atoms with Crippen molar-refractivity contribution in [1.82, 2.24) is 15.2 Å². The first-order valence-corrected chi connectivity index (χ1v) is 10.7. The van der Waals surface area contributed by atoms with Gasteiger partial charge in [0.25, 0.3) is 5.91 Å². The van der Waals surface area contributed by atoms with Gasteiger partial charge in [-0.15, -0.1) is 11.3 Å². The molecular formula is C21H26N4O5S. The molecule has 0 spiro atoms. The Hall–Kier alpha value is -3.14. The summed E-state index contributed by atoms with van der Waals surface area (Å²) < 4.78 is 10.5. The zero-order chi connectivity index (χ0) is 22.5. The lowest BCUT2D eigenvalue weighted by Gasteiger charge is -2.14. The maximum Gasteiger partial charge on any atom is 0.324 e. The van der Waals surface area contributed by atoms with E-state index in [4.69, 9.17) is 9.47 Å². The summed E-state index contributed by atoms with van der Waals surface area (Å²) in [6, 6.07) is 4.32. The second-order valence-corrected chi connectivity index (χ2v) is 8.38. The molecule has 2 aromatic rings. The molecule has 1 atom stereocenters. The number of thiazole rings is 1. The highest BCUT2D eigenvalue weighted by Gasteiger charge is 2.37. The summed E-state index contributed by atoms with van der Waals surface area (Å²) in [5.74, 6) is 0.646. The minimum Gasteiger partial charge on any atom is -0.493 e. The van der Waals surface area contributed by atoms with Crippen molar-refractivity contribution in [3.63, 3.8) is 0 Å². The number of ether oxygens (including phenoxy) is 2. The molecule has 0 radical (unpaired) electrons. The predicted octanol–water partition coefficient (Wildman–Crippen LogP) is 2.66. The summed E-state index contributed by atoms with van der Waals surface area (Å²) in [6.07, 6.45) is 0.819. The van der Waals surface area contributed by atoms with Crippen molar-refractivity contribution in [3.05, 3.63) is 34.3 Å². The molecule has 166 valence electrons. The molecule has 0 unspecified atom stereocenters. The van der Waals surface area contributed by atoms with Crippen molar-refractivity contribution in [2.45, 2.75) is 39.2 Å². The summed E-state index contributed by atoms with van der Waals surface area (Å²) >= 11 is 1.41. The van der Waals surface area contributed by atoms with E-state index >= 15 is 0 Å². The number of anilines is 1. The van der Waals surface area contributed by atoms with Gasteiger partial charge < -0.3 is 20.1 Å². The molecule has 9 nitrogen and oxygen atoms in total. The van der Waals surface area contributed by atoms with E-state index in [1.165, 1.54) is 16.2 Å². The van der Waals surface area contributed by atoms with Crippen molar-refractivity contribution >= 4 is 34.3 Å². The largest absolute Gasteiger partial charge is 0.493 e. The quantitative estimate of drug-likeness (QED) is 0.573. The molecule has 0 aliphatic carbocycles.